The molecule has 0 saturated carbocycles. The van der Waals surface area contributed by atoms with Crippen LogP contribution >= 0.6 is 15.9 Å². The maximum atomic E-state index is 11.3. The molecule has 0 radical (unpaired) electrons. The van der Waals surface area contributed by atoms with Crippen LogP contribution in [0.2, 0.25) is 0 Å². The summed E-state index contributed by atoms with van der Waals surface area (Å²) in [5.74, 6) is -0.429. The lowest BCUT2D eigenvalue weighted by atomic mass is 10.1. The Balaban J connectivity index is 2.67. The third kappa shape index (κ3) is 1.85. The second kappa shape index (κ2) is 3.98. The van der Waals surface area contributed by atoms with E-state index in [1.54, 1.807) is 6.07 Å². The van der Waals surface area contributed by atoms with E-state index in [0.717, 1.165) is 10.8 Å². The van der Waals surface area contributed by atoms with Gasteiger partial charge in [-0.25, -0.2) is 9.78 Å². The summed E-state index contributed by atoms with van der Waals surface area (Å²) in [4.78, 5) is 15.4. The number of pyridine rings is 1. The second-order valence-corrected chi connectivity index (χ2v) is 3.76. The van der Waals surface area contributed by atoms with Crippen LogP contribution in [0.15, 0.2) is 34.9 Å². The zero-order valence-electron chi connectivity index (χ0n) is 8.03. The van der Waals surface area contributed by atoms with Gasteiger partial charge < -0.3 is 4.74 Å². The number of halogens is 1. The van der Waals surface area contributed by atoms with Gasteiger partial charge in [-0.3, -0.25) is 0 Å². The molecule has 15 heavy (non-hydrogen) atoms. The summed E-state index contributed by atoms with van der Waals surface area (Å²) in [6.07, 6.45) is 0. The van der Waals surface area contributed by atoms with Gasteiger partial charge in [-0.15, -0.1) is 0 Å². The Kier molecular flexibility index (Phi) is 2.68. The minimum Gasteiger partial charge on any atom is -0.464 e. The number of esters is 1. The average Bonchev–Trinajstić information content (AvgIpc) is 2.28. The molecule has 0 bridgehead atoms. The van der Waals surface area contributed by atoms with Gasteiger partial charge in [-0.05, 0) is 27.4 Å². The minimum atomic E-state index is -0.429. The van der Waals surface area contributed by atoms with Gasteiger partial charge in [-0.2, -0.15) is 0 Å². The summed E-state index contributed by atoms with van der Waals surface area (Å²) in [5, 5.41) is 1.94. The van der Waals surface area contributed by atoms with Crippen molar-refractivity contribution in [3.8, 4) is 0 Å². The van der Waals surface area contributed by atoms with Crippen molar-refractivity contribution in [3.05, 3.63) is 40.6 Å². The van der Waals surface area contributed by atoms with Crippen molar-refractivity contribution < 1.29 is 9.53 Å². The fourth-order valence-corrected chi connectivity index (χ4v) is 1.92. The van der Waals surface area contributed by atoms with Crippen molar-refractivity contribution in [3.63, 3.8) is 0 Å². The number of benzene rings is 1. The van der Waals surface area contributed by atoms with Crippen LogP contribution in [0.4, 0.5) is 0 Å². The topological polar surface area (TPSA) is 39.2 Å². The van der Waals surface area contributed by atoms with Gasteiger partial charge in [0.15, 0.2) is 0 Å². The van der Waals surface area contributed by atoms with Crippen LogP contribution < -0.4 is 0 Å². The van der Waals surface area contributed by atoms with Crippen LogP contribution in [0.3, 0.4) is 0 Å². The molecule has 0 atom stereocenters. The normalized spacial score (nSPS) is 10.3. The number of hydrogen-bond donors (Lipinski definition) is 0. The first-order chi connectivity index (χ1) is 7.22. The fourth-order valence-electron chi connectivity index (χ4n) is 1.37. The smallest absolute Gasteiger partial charge is 0.356 e. The number of ether oxygens (including phenoxy) is 1. The molecule has 2 aromatic rings. The lowest BCUT2D eigenvalue weighted by Gasteiger charge is -2.03. The highest BCUT2D eigenvalue weighted by molar-refractivity contribution is 9.10. The van der Waals surface area contributed by atoms with Crippen molar-refractivity contribution >= 4 is 32.7 Å². The van der Waals surface area contributed by atoms with E-state index < -0.39 is 5.97 Å². The molecule has 0 aliphatic carbocycles. The summed E-state index contributed by atoms with van der Waals surface area (Å²) < 4.78 is 5.27. The maximum absolute atomic E-state index is 11.3. The molecular weight excluding hydrogens is 258 g/mol. The van der Waals surface area contributed by atoms with E-state index in [2.05, 4.69) is 25.7 Å². The fraction of sp³-hybridized carbons (Fsp3) is 0.0909. The number of methoxy groups -OCH3 is 1. The van der Waals surface area contributed by atoms with Crippen molar-refractivity contribution in [1.82, 2.24) is 4.98 Å². The van der Waals surface area contributed by atoms with E-state index in [0.29, 0.717) is 10.3 Å². The minimum absolute atomic E-state index is 0.308. The number of carbonyl (C=O) groups is 1. The van der Waals surface area contributed by atoms with Gasteiger partial charge in [0.1, 0.15) is 10.3 Å². The zero-order chi connectivity index (χ0) is 10.8. The SMILES string of the molecule is COC(=O)c1cc2ccccc2c(Br)n1. The Labute approximate surface area is 95.2 Å². The molecule has 3 nitrogen and oxygen atoms in total. The van der Waals surface area contributed by atoms with Crippen molar-refractivity contribution in [2.24, 2.45) is 0 Å². The van der Waals surface area contributed by atoms with Crippen LogP contribution in [0.1, 0.15) is 10.5 Å². The predicted molar refractivity (Wildman–Crippen MR) is 60.8 cm³/mol. The monoisotopic (exact) mass is 265 g/mol. The van der Waals surface area contributed by atoms with E-state index in [1.807, 2.05) is 24.3 Å². The first kappa shape index (κ1) is 10.1. The Hall–Kier alpha value is -1.42. The quantitative estimate of drug-likeness (QED) is 0.588. The van der Waals surface area contributed by atoms with Crippen LogP contribution in [-0.4, -0.2) is 18.1 Å². The number of nitrogens with zero attached hydrogens (tertiary/aromatic N) is 1. The molecule has 1 aromatic carbocycles. The molecule has 2 rings (SSSR count). The van der Waals surface area contributed by atoms with Gasteiger partial charge in [0, 0.05) is 5.39 Å². The van der Waals surface area contributed by atoms with E-state index >= 15 is 0 Å². The number of rotatable bonds is 1. The molecule has 0 fully saturated rings. The Morgan fingerprint density at radius 2 is 2.13 bits per heavy atom. The average molecular weight is 266 g/mol. The Bertz CT molecular complexity index is 525. The maximum Gasteiger partial charge on any atom is 0.356 e. The van der Waals surface area contributed by atoms with Crippen LogP contribution in [0.25, 0.3) is 10.8 Å². The summed E-state index contributed by atoms with van der Waals surface area (Å²) in [5.41, 5.74) is 0.308. The predicted octanol–water partition coefficient (Wildman–Crippen LogP) is 2.78. The van der Waals surface area contributed by atoms with Crippen molar-refractivity contribution in [2.75, 3.05) is 7.11 Å². The zero-order valence-corrected chi connectivity index (χ0v) is 9.61. The van der Waals surface area contributed by atoms with E-state index in [-0.39, 0.29) is 0 Å². The van der Waals surface area contributed by atoms with E-state index in [9.17, 15) is 4.79 Å². The van der Waals surface area contributed by atoms with E-state index in [4.69, 9.17) is 0 Å². The van der Waals surface area contributed by atoms with Gasteiger partial charge in [0.05, 0.1) is 7.11 Å². The van der Waals surface area contributed by atoms with Crippen LogP contribution in [0.5, 0.6) is 0 Å². The summed E-state index contributed by atoms with van der Waals surface area (Å²) in [6, 6.07) is 9.41. The second-order valence-electron chi connectivity index (χ2n) is 3.01. The van der Waals surface area contributed by atoms with E-state index in [1.165, 1.54) is 7.11 Å². The highest BCUT2D eigenvalue weighted by Crippen LogP contribution is 2.22. The molecule has 76 valence electrons. The third-order valence-electron chi connectivity index (χ3n) is 2.09. The molecule has 0 saturated heterocycles. The lowest BCUT2D eigenvalue weighted by molar-refractivity contribution is 0.0594. The van der Waals surface area contributed by atoms with Crippen molar-refractivity contribution in [1.29, 1.82) is 0 Å². The lowest BCUT2D eigenvalue weighted by Crippen LogP contribution is -2.04. The van der Waals surface area contributed by atoms with Crippen LogP contribution in [-0.2, 0) is 4.74 Å². The molecule has 0 N–H and O–H groups in total. The summed E-state index contributed by atoms with van der Waals surface area (Å²) in [6.45, 7) is 0. The highest BCUT2D eigenvalue weighted by Gasteiger charge is 2.10. The molecule has 0 amide bonds. The van der Waals surface area contributed by atoms with Crippen LogP contribution in [0, 0.1) is 0 Å². The summed E-state index contributed by atoms with van der Waals surface area (Å²) >= 11 is 3.33. The highest BCUT2D eigenvalue weighted by atomic mass is 79.9. The first-order valence-electron chi connectivity index (χ1n) is 4.36. The van der Waals surface area contributed by atoms with Gasteiger partial charge in [0.2, 0.25) is 0 Å². The molecule has 0 aliphatic heterocycles. The Morgan fingerprint density at radius 1 is 1.40 bits per heavy atom. The molecule has 1 aromatic heterocycles. The summed E-state index contributed by atoms with van der Waals surface area (Å²) in [7, 11) is 1.34. The molecule has 1 heterocycles. The van der Waals surface area contributed by atoms with Gasteiger partial charge >= 0.3 is 5.97 Å². The number of hydrogen-bond acceptors (Lipinski definition) is 3. The molecule has 0 unspecified atom stereocenters. The molecule has 4 heteroatoms. The van der Waals surface area contributed by atoms with Crippen molar-refractivity contribution in [2.45, 2.75) is 0 Å². The van der Waals surface area contributed by atoms with Gasteiger partial charge in [-0.1, -0.05) is 24.3 Å². The third-order valence-corrected chi connectivity index (χ3v) is 2.69. The standard InChI is InChI=1S/C11H8BrNO2/c1-15-11(14)9-6-7-4-2-3-5-8(7)10(12)13-9/h2-6H,1H3. The van der Waals surface area contributed by atoms with Gasteiger partial charge in [0.25, 0.3) is 0 Å². The number of carbonyl (C=O) groups excluding carboxylic acids is 1. The molecular formula is C11H8BrNO2. The largest absolute Gasteiger partial charge is 0.464 e. The molecule has 0 aliphatic rings. The number of aromatic nitrogens is 1. The molecule has 0 spiro atoms. The Morgan fingerprint density at radius 3 is 2.87 bits per heavy atom. The number of fused-ring (bicyclic) bond motifs is 1. The first-order valence-corrected chi connectivity index (χ1v) is 5.15.